The molecule has 2 rings (SSSR count). The zero-order valence-corrected chi connectivity index (χ0v) is 12.4. The maximum Gasteiger partial charge on any atom is 0.0467 e. The molecule has 0 radical (unpaired) electrons. The van der Waals surface area contributed by atoms with E-state index < -0.39 is 0 Å². The number of nitrogens with zero attached hydrogens (tertiary/aromatic N) is 3. The molecule has 4 nitrogen and oxygen atoms in total. The minimum atomic E-state index is 0.234. The Morgan fingerprint density at radius 2 is 1.83 bits per heavy atom. The molecule has 0 aromatic rings. The second-order valence-electron chi connectivity index (χ2n) is 6.54. The Hall–Kier alpha value is -0.160. The Morgan fingerprint density at radius 1 is 1.17 bits per heavy atom. The maximum atomic E-state index is 6.08. The Morgan fingerprint density at radius 3 is 2.33 bits per heavy atom. The molecule has 4 heteroatoms. The topological polar surface area (TPSA) is 35.7 Å². The average Bonchev–Trinajstić information content (AvgIpc) is 2.75. The number of hydrogen-bond donors (Lipinski definition) is 1. The van der Waals surface area contributed by atoms with Crippen LogP contribution in [0, 0.1) is 5.92 Å². The van der Waals surface area contributed by atoms with E-state index in [0.29, 0.717) is 0 Å². The van der Waals surface area contributed by atoms with Crippen molar-refractivity contribution in [3.8, 4) is 0 Å². The van der Waals surface area contributed by atoms with E-state index in [2.05, 4.69) is 35.8 Å². The predicted molar refractivity (Wildman–Crippen MR) is 76.8 cm³/mol. The Kier molecular flexibility index (Phi) is 4.64. The lowest BCUT2D eigenvalue weighted by Crippen LogP contribution is -2.55. The highest BCUT2D eigenvalue weighted by Gasteiger charge is 2.39. The molecule has 0 spiro atoms. The van der Waals surface area contributed by atoms with E-state index in [1.807, 2.05) is 0 Å². The van der Waals surface area contributed by atoms with Crippen LogP contribution in [0.3, 0.4) is 0 Å². The fourth-order valence-corrected chi connectivity index (χ4v) is 3.52. The summed E-state index contributed by atoms with van der Waals surface area (Å²) in [6.45, 7) is 6.85. The van der Waals surface area contributed by atoms with Gasteiger partial charge >= 0.3 is 0 Å². The molecule has 1 atom stereocenters. The van der Waals surface area contributed by atoms with Gasteiger partial charge in [0.2, 0.25) is 0 Å². The summed E-state index contributed by atoms with van der Waals surface area (Å²) in [5.74, 6) is 0.862. The highest BCUT2D eigenvalue weighted by atomic mass is 15.3. The minimum absolute atomic E-state index is 0.234. The van der Waals surface area contributed by atoms with Crippen LogP contribution >= 0.6 is 0 Å². The number of likely N-dealkylation sites (tertiary alicyclic amines) is 2. The summed E-state index contributed by atoms with van der Waals surface area (Å²) in [4.78, 5) is 7.42. The van der Waals surface area contributed by atoms with Gasteiger partial charge in [-0.3, -0.25) is 4.90 Å². The van der Waals surface area contributed by atoms with Gasteiger partial charge in [0.15, 0.2) is 0 Å². The molecule has 2 aliphatic heterocycles. The van der Waals surface area contributed by atoms with Gasteiger partial charge in [0, 0.05) is 25.2 Å². The van der Waals surface area contributed by atoms with Crippen LogP contribution in [0.2, 0.25) is 0 Å². The lowest BCUT2D eigenvalue weighted by molar-refractivity contribution is 0.0916. The zero-order chi connectivity index (χ0) is 13.2. The van der Waals surface area contributed by atoms with Gasteiger partial charge in [-0.05, 0) is 66.0 Å². The van der Waals surface area contributed by atoms with Gasteiger partial charge in [0.25, 0.3) is 0 Å². The van der Waals surface area contributed by atoms with E-state index >= 15 is 0 Å². The molecule has 106 valence electrons. The Bertz CT molecular complexity index is 263. The summed E-state index contributed by atoms with van der Waals surface area (Å²) in [5.41, 5.74) is 6.32. The van der Waals surface area contributed by atoms with Crippen molar-refractivity contribution in [1.82, 2.24) is 14.7 Å². The van der Waals surface area contributed by atoms with E-state index in [1.165, 1.54) is 45.4 Å². The molecule has 0 saturated carbocycles. The molecule has 2 fully saturated rings. The lowest BCUT2D eigenvalue weighted by Gasteiger charge is -2.41. The van der Waals surface area contributed by atoms with Gasteiger partial charge in [-0.25, -0.2) is 0 Å². The van der Waals surface area contributed by atoms with Crippen molar-refractivity contribution in [2.45, 2.75) is 24.8 Å². The van der Waals surface area contributed by atoms with Gasteiger partial charge < -0.3 is 15.5 Å². The largest absolute Gasteiger partial charge is 0.329 e. The van der Waals surface area contributed by atoms with Crippen LogP contribution in [0.1, 0.15) is 19.3 Å². The third-order valence-electron chi connectivity index (χ3n) is 5.08. The highest BCUT2D eigenvalue weighted by Crippen LogP contribution is 2.27. The number of rotatable bonds is 4. The molecular weight excluding hydrogens is 224 g/mol. The molecule has 2 heterocycles. The first-order chi connectivity index (χ1) is 8.55. The molecule has 0 bridgehead atoms. The number of piperidine rings is 1. The standard InChI is InChI=1S/C14H30N4/c1-16-7-4-13(5-8-16)10-18(3)14(11-15)6-9-17(2)12-14/h13H,4-12,15H2,1-3H3. The van der Waals surface area contributed by atoms with Crippen molar-refractivity contribution in [2.24, 2.45) is 11.7 Å². The van der Waals surface area contributed by atoms with E-state index in [9.17, 15) is 0 Å². The van der Waals surface area contributed by atoms with Gasteiger partial charge in [0.05, 0.1) is 0 Å². The monoisotopic (exact) mass is 254 g/mol. The van der Waals surface area contributed by atoms with Gasteiger partial charge in [-0.1, -0.05) is 0 Å². The van der Waals surface area contributed by atoms with E-state index in [4.69, 9.17) is 5.73 Å². The molecule has 0 amide bonds. The van der Waals surface area contributed by atoms with Crippen LogP contribution in [0.25, 0.3) is 0 Å². The van der Waals surface area contributed by atoms with Crippen LogP contribution in [-0.4, -0.2) is 80.7 Å². The Balaban J connectivity index is 1.88. The normalized spacial score (nSPS) is 32.5. The molecule has 2 saturated heterocycles. The highest BCUT2D eigenvalue weighted by molar-refractivity contribution is 4.98. The molecular formula is C14H30N4. The van der Waals surface area contributed by atoms with E-state index in [-0.39, 0.29) is 5.54 Å². The van der Waals surface area contributed by atoms with Gasteiger partial charge in [-0.2, -0.15) is 0 Å². The second kappa shape index (κ2) is 5.87. The molecule has 2 aliphatic rings. The third-order valence-corrected chi connectivity index (χ3v) is 5.08. The Labute approximate surface area is 112 Å². The number of nitrogens with two attached hydrogens (primary N) is 1. The predicted octanol–water partition coefficient (Wildman–Crippen LogP) is 0.293. The maximum absolute atomic E-state index is 6.08. The van der Waals surface area contributed by atoms with Crippen molar-refractivity contribution in [1.29, 1.82) is 0 Å². The zero-order valence-electron chi connectivity index (χ0n) is 12.4. The van der Waals surface area contributed by atoms with Crippen LogP contribution in [0.5, 0.6) is 0 Å². The molecule has 0 aromatic heterocycles. The molecule has 0 aromatic carbocycles. The summed E-state index contributed by atoms with van der Waals surface area (Å²) in [7, 11) is 6.72. The second-order valence-corrected chi connectivity index (χ2v) is 6.54. The minimum Gasteiger partial charge on any atom is -0.329 e. The summed E-state index contributed by atoms with van der Waals surface area (Å²) in [5, 5.41) is 0. The average molecular weight is 254 g/mol. The quantitative estimate of drug-likeness (QED) is 0.782. The van der Waals surface area contributed by atoms with Crippen LogP contribution in [0.15, 0.2) is 0 Å². The third kappa shape index (κ3) is 3.05. The molecule has 2 N–H and O–H groups in total. The van der Waals surface area contributed by atoms with Crippen LogP contribution in [-0.2, 0) is 0 Å². The fourth-order valence-electron chi connectivity index (χ4n) is 3.52. The summed E-state index contributed by atoms with van der Waals surface area (Å²) in [6, 6.07) is 0. The van der Waals surface area contributed by atoms with Crippen molar-refractivity contribution >= 4 is 0 Å². The summed E-state index contributed by atoms with van der Waals surface area (Å²) < 4.78 is 0. The smallest absolute Gasteiger partial charge is 0.0467 e. The fraction of sp³-hybridized carbons (Fsp3) is 1.00. The first-order valence-electron chi connectivity index (χ1n) is 7.34. The van der Waals surface area contributed by atoms with Crippen LogP contribution < -0.4 is 5.73 Å². The summed E-state index contributed by atoms with van der Waals surface area (Å²) >= 11 is 0. The SMILES string of the molecule is CN1CCC(CN(C)C2(CN)CCN(C)C2)CC1. The van der Waals surface area contributed by atoms with E-state index in [1.54, 1.807) is 0 Å². The van der Waals surface area contributed by atoms with Crippen molar-refractivity contribution in [3.05, 3.63) is 0 Å². The summed E-state index contributed by atoms with van der Waals surface area (Å²) in [6.07, 6.45) is 3.91. The van der Waals surface area contributed by atoms with Crippen LogP contribution in [0.4, 0.5) is 0 Å². The molecule has 1 unspecified atom stereocenters. The van der Waals surface area contributed by atoms with E-state index in [0.717, 1.165) is 19.0 Å². The first-order valence-corrected chi connectivity index (χ1v) is 7.34. The lowest BCUT2D eigenvalue weighted by atomic mass is 9.91. The molecule has 18 heavy (non-hydrogen) atoms. The van der Waals surface area contributed by atoms with Crippen molar-refractivity contribution in [3.63, 3.8) is 0 Å². The molecule has 0 aliphatic carbocycles. The number of hydrogen-bond acceptors (Lipinski definition) is 4. The van der Waals surface area contributed by atoms with Crippen molar-refractivity contribution in [2.75, 3.05) is 60.4 Å². The van der Waals surface area contributed by atoms with Gasteiger partial charge in [0.1, 0.15) is 0 Å². The first kappa shape index (κ1) is 14.3. The number of likely N-dealkylation sites (N-methyl/N-ethyl adjacent to an activating group) is 2. The van der Waals surface area contributed by atoms with Gasteiger partial charge in [-0.15, -0.1) is 0 Å². The van der Waals surface area contributed by atoms with Crippen molar-refractivity contribution < 1.29 is 0 Å².